The molecule has 7 nitrogen and oxygen atoms in total. The van der Waals surface area contributed by atoms with E-state index in [0.717, 1.165) is 49.8 Å². The summed E-state index contributed by atoms with van der Waals surface area (Å²) in [6.45, 7) is 5.55. The highest BCUT2D eigenvalue weighted by Crippen LogP contribution is 2.51. The van der Waals surface area contributed by atoms with E-state index < -0.39 is 5.54 Å². The van der Waals surface area contributed by atoms with Crippen LogP contribution in [0.2, 0.25) is 0 Å². The minimum atomic E-state index is -0.467. The number of hydrogen-bond acceptors (Lipinski definition) is 6. The van der Waals surface area contributed by atoms with Gasteiger partial charge >= 0.3 is 5.97 Å². The quantitative estimate of drug-likeness (QED) is 0.609. The third-order valence-corrected chi connectivity index (χ3v) is 6.08. The second-order valence-electron chi connectivity index (χ2n) is 7.95. The van der Waals surface area contributed by atoms with Crippen molar-refractivity contribution in [1.29, 1.82) is 0 Å². The van der Waals surface area contributed by atoms with Crippen molar-refractivity contribution in [2.45, 2.75) is 51.0 Å². The summed E-state index contributed by atoms with van der Waals surface area (Å²) in [5.74, 6) is 1.27. The van der Waals surface area contributed by atoms with Gasteiger partial charge in [-0.1, -0.05) is 6.07 Å². The minimum absolute atomic E-state index is 0.321. The monoisotopic (exact) mass is 395 g/mol. The first-order chi connectivity index (χ1) is 14.1. The van der Waals surface area contributed by atoms with Crippen molar-refractivity contribution in [3.63, 3.8) is 0 Å². The summed E-state index contributed by atoms with van der Waals surface area (Å²) in [5.41, 5.74) is 2.37. The van der Waals surface area contributed by atoms with Crippen LogP contribution in [-0.2, 0) is 15.0 Å². The maximum atomic E-state index is 12.8. The number of aromatic nitrogens is 3. The molecule has 0 bridgehead atoms. The summed E-state index contributed by atoms with van der Waals surface area (Å²) in [5, 5.41) is 9.33. The van der Waals surface area contributed by atoms with Crippen LogP contribution in [0.4, 0.5) is 0 Å². The van der Waals surface area contributed by atoms with Crippen LogP contribution in [0.1, 0.15) is 66.4 Å². The van der Waals surface area contributed by atoms with Crippen molar-refractivity contribution >= 4 is 16.9 Å². The van der Waals surface area contributed by atoms with Gasteiger partial charge in [-0.2, -0.15) is 0 Å². The molecule has 0 unspecified atom stereocenters. The second kappa shape index (κ2) is 6.99. The predicted molar refractivity (Wildman–Crippen MR) is 106 cm³/mol. The van der Waals surface area contributed by atoms with E-state index in [4.69, 9.17) is 13.9 Å². The van der Waals surface area contributed by atoms with Gasteiger partial charge in [0.2, 0.25) is 11.8 Å². The summed E-state index contributed by atoms with van der Waals surface area (Å²) >= 11 is 0. The number of carbonyl (C=O) groups excluding carboxylic acids is 1. The van der Waals surface area contributed by atoms with Crippen molar-refractivity contribution in [2.24, 2.45) is 0 Å². The summed E-state index contributed by atoms with van der Waals surface area (Å²) in [6.07, 6.45) is 3.77. The Morgan fingerprint density at radius 3 is 2.69 bits per heavy atom. The first-order valence-electron chi connectivity index (χ1n) is 10.3. The van der Waals surface area contributed by atoms with Crippen LogP contribution in [0, 0.1) is 6.92 Å². The van der Waals surface area contributed by atoms with Crippen LogP contribution in [-0.4, -0.2) is 40.6 Å². The van der Waals surface area contributed by atoms with Crippen LogP contribution in [0.3, 0.4) is 0 Å². The minimum Gasteiger partial charge on any atom is -0.461 e. The van der Waals surface area contributed by atoms with Gasteiger partial charge in [-0.25, -0.2) is 4.79 Å². The molecule has 2 aromatic heterocycles. The molecular formula is C22H25N3O4. The predicted octanol–water partition coefficient (Wildman–Crippen LogP) is 3.94. The van der Waals surface area contributed by atoms with Gasteiger partial charge in [-0.15, -0.1) is 10.2 Å². The summed E-state index contributed by atoms with van der Waals surface area (Å²) in [4.78, 5) is 12.8. The highest BCUT2D eigenvalue weighted by atomic mass is 16.5. The molecule has 0 spiro atoms. The first kappa shape index (κ1) is 18.4. The molecule has 1 aromatic carbocycles. The highest BCUT2D eigenvalue weighted by Gasteiger charge is 2.53. The van der Waals surface area contributed by atoms with Crippen LogP contribution >= 0.6 is 0 Å². The van der Waals surface area contributed by atoms with E-state index in [1.165, 1.54) is 5.56 Å². The van der Waals surface area contributed by atoms with Crippen molar-refractivity contribution in [3.05, 3.63) is 47.3 Å². The van der Waals surface area contributed by atoms with Crippen molar-refractivity contribution in [2.75, 3.05) is 19.8 Å². The van der Waals surface area contributed by atoms with Gasteiger partial charge in [0.15, 0.2) is 0 Å². The first-order valence-corrected chi connectivity index (χ1v) is 10.3. The maximum Gasteiger partial charge on any atom is 0.355 e. The third kappa shape index (κ3) is 3.04. The Kier molecular flexibility index (Phi) is 4.42. The number of ether oxygens (including phenoxy) is 2. The number of rotatable bonds is 5. The van der Waals surface area contributed by atoms with Gasteiger partial charge < -0.3 is 18.5 Å². The van der Waals surface area contributed by atoms with Crippen LogP contribution < -0.4 is 0 Å². The van der Waals surface area contributed by atoms with E-state index >= 15 is 0 Å². The summed E-state index contributed by atoms with van der Waals surface area (Å²) in [7, 11) is 0. The molecule has 1 saturated carbocycles. The van der Waals surface area contributed by atoms with Crippen LogP contribution in [0.5, 0.6) is 0 Å². The van der Waals surface area contributed by atoms with Gasteiger partial charge in [0, 0.05) is 31.0 Å². The molecule has 1 saturated heterocycles. The largest absolute Gasteiger partial charge is 0.461 e. The van der Waals surface area contributed by atoms with Gasteiger partial charge in [0.1, 0.15) is 11.2 Å². The van der Waals surface area contributed by atoms with E-state index in [-0.39, 0.29) is 5.97 Å². The molecular weight excluding hydrogens is 370 g/mol. The SMILES string of the molecule is CCOC(=O)c1cc2cc(C3CCOCC3)ccc2n1C1(c2nnc(C)o2)CC1. The molecule has 152 valence electrons. The summed E-state index contributed by atoms with van der Waals surface area (Å²) in [6, 6.07) is 8.45. The average molecular weight is 395 g/mol. The summed E-state index contributed by atoms with van der Waals surface area (Å²) < 4.78 is 18.7. The Morgan fingerprint density at radius 2 is 2.03 bits per heavy atom. The topological polar surface area (TPSA) is 79.4 Å². The fourth-order valence-electron chi connectivity index (χ4n) is 4.47. The van der Waals surface area contributed by atoms with Crippen molar-refractivity contribution in [1.82, 2.24) is 14.8 Å². The van der Waals surface area contributed by atoms with Gasteiger partial charge in [-0.05, 0) is 62.3 Å². The lowest BCUT2D eigenvalue weighted by Gasteiger charge is -2.23. The van der Waals surface area contributed by atoms with E-state index in [0.29, 0.717) is 30.0 Å². The Bertz CT molecular complexity index is 1060. The number of nitrogens with zero attached hydrogens (tertiary/aromatic N) is 3. The van der Waals surface area contributed by atoms with E-state index in [9.17, 15) is 4.79 Å². The maximum absolute atomic E-state index is 12.8. The second-order valence-corrected chi connectivity index (χ2v) is 7.95. The number of esters is 1. The molecule has 0 atom stereocenters. The lowest BCUT2D eigenvalue weighted by atomic mass is 9.91. The molecule has 0 amide bonds. The average Bonchev–Trinajstić information content (AvgIpc) is 3.25. The van der Waals surface area contributed by atoms with Gasteiger partial charge in [0.25, 0.3) is 0 Å². The standard InChI is InChI=1S/C22H25N3O4/c1-3-28-20(26)19-13-17-12-16(15-6-10-27-11-7-15)4-5-18(17)25(19)22(8-9-22)21-24-23-14(2)29-21/h4-5,12-13,15H,3,6-11H2,1-2H3. The molecule has 3 heterocycles. The van der Waals surface area contributed by atoms with Crippen molar-refractivity contribution in [3.8, 4) is 0 Å². The third-order valence-electron chi connectivity index (χ3n) is 6.08. The van der Waals surface area contributed by atoms with Gasteiger partial charge in [0.05, 0.1) is 6.61 Å². The molecule has 1 aliphatic carbocycles. The number of hydrogen-bond donors (Lipinski definition) is 0. The molecule has 29 heavy (non-hydrogen) atoms. The molecule has 0 N–H and O–H groups in total. The smallest absolute Gasteiger partial charge is 0.355 e. The van der Waals surface area contributed by atoms with Gasteiger partial charge in [-0.3, -0.25) is 0 Å². The normalized spacial score (nSPS) is 18.8. The van der Waals surface area contributed by atoms with Crippen LogP contribution in [0.25, 0.3) is 10.9 Å². The number of aryl methyl sites for hydroxylation is 1. The molecule has 7 heteroatoms. The zero-order valence-corrected chi connectivity index (χ0v) is 16.8. The lowest BCUT2D eigenvalue weighted by Crippen LogP contribution is -2.24. The van der Waals surface area contributed by atoms with Crippen LogP contribution in [0.15, 0.2) is 28.7 Å². The Morgan fingerprint density at radius 1 is 1.24 bits per heavy atom. The van der Waals surface area contributed by atoms with E-state index in [1.54, 1.807) is 6.92 Å². The number of fused-ring (bicyclic) bond motifs is 1. The van der Waals surface area contributed by atoms with E-state index in [1.807, 2.05) is 13.0 Å². The molecule has 5 rings (SSSR count). The fraction of sp³-hybridized carbons (Fsp3) is 0.500. The van der Waals surface area contributed by atoms with E-state index in [2.05, 4.69) is 33.0 Å². The zero-order valence-electron chi connectivity index (χ0n) is 16.8. The Hall–Kier alpha value is -2.67. The fourth-order valence-corrected chi connectivity index (χ4v) is 4.47. The van der Waals surface area contributed by atoms with Crippen molar-refractivity contribution < 1.29 is 18.7 Å². The number of benzene rings is 1. The molecule has 0 radical (unpaired) electrons. The number of carbonyl (C=O) groups is 1. The molecule has 1 aliphatic heterocycles. The molecule has 2 aliphatic rings. The molecule has 2 fully saturated rings. The molecule has 3 aromatic rings. The lowest BCUT2D eigenvalue weighted by molar-refractivity contribution is 0.0511. The zero-order chi connectivity index (χ0) is 20.0. The Balaban J connectivity index is 1.64. The highest BCUT2D eigenvalue weighted by molar-refractivity contribution is 5.96. The Labute approximate surface area is 169 Å².